The summed E-state index contributed by atoms with van der Waals surface area (Å²) < 4.78 is 0. The van der Waals surface area contributed by atoms with Crippen LogP contribution in [0.4, 0.5) is 4.79 Å². The number of carbonyl (C=O) groups is 4. The van der Waals surface area contributed by atoms with Gasteiger partial charge in [0.25, 0.3) is 0 Å². The van der Waals surface area contributed by atoms with Crippen molar-refractivity contribution in [1.29, 1.82) is 0 Å². The van der Waals surface area contributed by atoms with E-state index in [-0.39, 0.29) is 24.9 Å². The molecule has 9 heteroatoms. The number of hydrogen-bond acceptors (Lipinski definition) is 5. The minimum Gasteiger partial charge on any atom is -0.339 e. The molecule has 2 aromatic rings. The molecule has 1 N–H and O–H groups in total. The molecule has 2 fully saturated rings. The zero-order valence-electron chi connectivity index (χ0n) is 18.6. The molecule has 172 valence electrons. The van der Waals surface area contributed by atoms with E-state index in [1.807, 2.05) is 43.3 Å². The molecule has 2 saturated heterocycles. The number of nitrogens with one attached hydrogen (secondary N) is 1. The Morgan fingerprint density at radius 3 is 2.48 bits per heavy atom. The zero-order valence-corrected chi connectivity index (χ0v) is 18.6. The first-order chi connectivity index (χ1) is 16.0. The maximum atomic E-state index is 13.3. The summed E-state index contributed by atoms with van der Waals surface area (Å²) in [6.07, 6.45) is 4.73. The molecule has 5 amide bonds. The van der Waals surface area contributed by atoms with Crippen LogP contribution in [-0.2, 0) is 20.8 Å². The van der Waals surface area contributed by atoms with E-state index in [4.69, 9.17) is 0 Å². The monoisotopic (exact) mass is 449 g/mol. The van der Waals surface area contributed by atoms with Gasteiger partial charge in [0.05, 0.1) is 0 Å². The second kappa shape index (κ2) is 9.81. The van der Waals surface area contributed by atoms with Crippen molar-refractivity contribution in [2.45, 2.75) is 25.8 Å². The number of imide groups is 1. The Morgan fingerprint density at radius 2 is 1.85 bits per heavy atom. The molecule has 4 rings (SSSR count). The Bertz CT molecular complexity index is 1040. The lowest BCUT2D eigenvalue weighted by atomic mass is 9.98. The SMILES string of the molecule is CCCN1CCN(C(=O)CN2CC(=O)NC2=O)[C@H](Cc2ccc(-c3cccnc3)cc2)C1=O. The van der Waals surface area contributed by atoms with E-state index < -0.39 is 18.0 Å². The first-order valence-electron chi connectivity index (χ1n) is 11.1. The van der Waals surface area contributed by atoms with Crippen molar-refractivity contribution < 1.29 is 19.2 Å². The summed E-state index contributed by atoms with van der Waals surface area (Å²) in [6, 6.07) is 10.5. The summed E-state index contributed by atoms with van der Waals surface area (Å²) in [4.78, 5) is 58.3. The smallest absolute Gasteiger partial charge is 0.325 e. The molecular weight excluding hydrogens is 422 g/mol. The molecule has 2 aliphatic rings. The minimum absolute atomic E-state index is 0.0882. The van der Waals surface area contributed by atoms with Crippen LogP contribution < -0.4 is 5.32 Å². The largest absolute Gasteiger partial charge is 0.339 e. The fourth-order valence-electron chi connectivity index (χ4n) is 4.28. The summed E-state index contributed by atoms with van der Waals surface area (Å²) in [6.45, 7) is 3.14. The molecule has 0 spiro atoms. The van der Waals surface area contributed by atoms with Crippen LogP contribution in [0.1, 0.15) is 18.9 Å². The van der Waals surface area contributed by atoms with Gasteiger partial charge in [-0.3, -0.25) is 24.7 Å². The molecule has 0 saturated carbocycles. The number of benzene rings is 1. The van der Waals surface area contributed by atoms with Crippen LogP contribution >= 0.6 is 0 Å². The molecule has 1 aromatic carbocycles. The van der Waals surface area contributed by atoms with Crippen LogP contribution in [0.2, 0.25) is 0 Å². The number of piperazine rings is 1. The summed E-state index contributed by atoms with van der Waals surface area (Å²) in [5.41, 5.74) is 2.96. The van der Waals surface area contributed by atoms with Crippen molar-refractivity contribution in [2.75, 3.05) is 32.7 Å². The summed E-state index contributed by atoms with van der Waals surface area (Å²) in [5.74, 6) is -0.849. The standard InChI is InChI=1S/C24H27N5O4/c1-2-10-27-11-12-29(22(31)16-28-15-21(30)26-24(28)33)20(23(27)32)13-17-5-7-18(8-6-17)19-4-3-9-25-14-19/h3-9,14,20H,2,10-13,15-16H2,1H3,(H,26,30,33)/t20-/m1/s1. The highest BCUT2D eigenvalue weighted by Crippen LogP contribution is 2.22. The van der Waals surface area contributed by atoms with Gasteiger partial charge >= 0.3 is 6.03 Å². The van der Waals surface area contributed by atoms with Gasteiger partial charge in [-0.2, -0.15) is 0 Å². The average Bonchev–Trinajstić information content (AvgIpc) is 3.14. The number of carbonyl (C=O) groups excluding carboxylic acids is 4. The number of hydrogen-bond donors (Lipinski definition) is 1. The van der Waals surface area contributed by atoms with Crippen molar-refractivity contribution in [3.05, 3.63) is 54.4 Å². The number of pyridine rings is 1. The quantitative estimate of drug-likeness (QED) is 0.642. The third kappa shape index (κ3) is 5.02. The average molecular weight is 450 g/mol. The Labute approximate surface area is 192 Å². The van der Waals surface area contributed by atoms with E-state index in [2.05, 4.69) is 10.3 Å². The third-order valence-electron chi connectivity index (χ3n) is 5.97. The van der Waals surface area contributed by atoms with Gasteiger partial charge in [0, 0.05) is 38.4 Å². The van der Waals surface area contributed by atoms with Gasteiger partial charge in [-0.15, -0.1) is 0 Å². The van der Waals surface area contributed by atoms with Crippen LogP contribution in [0, 0.1) is 0 Å². The third-order valence-corrected chi connectivity index (χ3v) is 5.97. The topological polar surface area (TPSA) is 103 Å². The predicted molar refractivity (Wildman–Crippen MR) is 121 cm³/mol. The molecule has 0 radical (unpaired) electrons. The summed E-state index contributed by atoms with van der Waals surface area (Å²) in [5, 5.41) is 2.18. The molecule has 1 atom stereocenters. The van der Waals surface area contributed by atoms with Crippen molar-refractivity contribution in [3.63, 3.8) is 0 Å². The lowest BCUT2D eigenvalue weighted by Crippen LogP contribution is -2.61. The lowest BCUT2D eigenvalue weighted by molar-refractivity contribution is -0.151. The molecule has 33 heavy (non-hydrogen) atoms. The maximum absolute atomic E-state index is 13.3. The maximum Gasteiger partial charge on any atom is 0.325 e. The van der Waals surface area contributed by atoms with Crippen LogP contribution in [0.15, 0.2) is 48.8 Å². The Balaban J connectivity index is 1.51. The zero-order chi connectivity index (χ0) is 23.4. The molecule has 2 aliphatic heterocycles. The second-order valence-electron chi connectivity index (χ2n) is 8.28. The first kappa shape index (κ1) is 22.4. The lowest BCUT2D eigenvalue weighted by Gasteiger charge is -2.41. The molecule has 0 bridgehead atoms. The highest BCUT2D eigenvalue weighted by molar-refractivity contribution is 6.03. The predicted octanol–water partition coefficient (Wildman–Crippen LogP) is 1.29. The number of aromatic nitrogens is 1. The van der Waals surface area contributed by atoms with Crippen LogP contribution in [0.3, 0.4) is 0 Å². The highest BCUT2D eigenvalue weighted by Gasteiger charge is 2.39. The van der Waals surface area contributed by atoms with E-state index in [0.717, 1.165) is 23.1 Å². The van der Waals surface area contributed by atoms with E-state index in [1.165, 1.54) is 4.90 Å². The molecule has 0 unspecified atom stereocenters. The van der Waals surface area contributed by atoms with Crippen molar-refractivity contribution in [3.8, 4) is 11.1 Å². The fraction of sp³-hybridized carbons (Fsp3) is 0.375. The van der Waals surface area contributed by atoms with Gasteiger partial charge in [0.1, 0.15) is 19.1 Å². The molecule has 1 aromatic heterocycles. The fourth-order valence-corrected chi connectivity index (χ4v) is 4.28. The van der Waals surface area contributed by atoms with Gasteiger partial charge in [0.15, 0.2) is 0 Å². The Morgan fingerprint density at radius 1 is 1.06 bits per heavy atom. The second-order valence-corrected chi connectivity index (χ2v) is 8.28. The van der Waals surface area contributed by atoms with Gasteiger partial charge in [-0.1, -0.05) is 37.3 Å². The normalized spacial score (nSPS) is 18.6. The van der Waals surface area contributed by atoms with Crippen LogP contribution in [-0.4, -0.2) is 82.2 Å². The van der Waals surface area contributed by atoms with Gasteiger partial charge in [-0.05, 0) is 29.2 Å². The van der Waals surface area contributed by atoms with Gasteiger partial charge < -0.3 is 14.7 Å². The summed E-state index contributed by atoms with van der Waals surface area (Å²) >= 11 is 0. The molecule has 3 heterocycles. The van der Waals surface area contributed by atoms with E-state index in [9.17, 15) is 19.2 Å². The minimum atomic E-state index is -0.650. The van der Waals surface area contributed by atoms with Crippen LogP contribution in [0.25, 0.3) is 11.1 Å². The van der Waals surface area contributed by atoms with Gasteiger partial charge in [0.2, 0.25) is 17.7 Å². The van der Waals surface area contributed by atoms with Crippen LogP contribution in [0.5, 0.6) is 0 Å². The molecule has 0 aliphatic carbocycles. The van der Waals surface area contributed by atoms with E-state index in [1.54, 1.807) is 22.2 Å². The number of rotatable bonds is 7. The molecule has 9 nitrogen and oxygen atoms in total. The van der Waals surface area contributed by atoms with Gasteiger partial charge in [-0.25, -0.2) is 4.79 Å². The van der Waals surface area contributed by atoms with Crippen molar-refractivity contribution in [1.82, 2.24) is 25.0 Å². The first-order valence-corrected chi connectivity index (χ1v) is 11.1. The van der Waals surface area contributed by atoms with E-state index in [0.29, 0.717) is 26.1 Å². The Kier molecular flexibility index (Phi) is 6.67. The van der Waals surface area contributed by atoms with Crippen molar-refractivity contribution in [2.24, 2.45) is 0 Å². The Hall–Kier alpha value is -3.75. The molecular formula is C24H27N5O4. The number of nitrogens with zero attached hydrogens (tertiary/aromatic N) is 4. The van der Waals surface area contributed by atoms with E-state index >= 15 is 0 Å². The number of urea groups is 1. The van der Waals surface area contributed by atoms with Crippen molar-refractivity contribution >= 4 is 23.8 Å². The highest BCUT2D eigenvalue weighted by atomic mass is 16.2. The number of amides is 5. The summed E-state index contributed by atoms with van der Waals surface area (Å²) in [7, 11) is 0.